The molecule has 1 saturated carbocycles. The molecule has 1 fully saturated rings. The van der Waals surface area contributed by atoms with Gasteiger partial charge in [0.05, 0.1) is 0 Å². The van der Waals surface area contributed by atoms with Crippen LogP contribution in [0.1, 0.15) is 54.4 Å². The van der Waals surface area contributed by atoms with Crippen LogP contribution in [0.15, 0.2) is 0 Å². The van der Waals surface area contributed by atoms with Crippen molar-refractivity contribution in [2.24, 2.45) is 35.5 Å². The van der Waals surface area contributed by atoms with Gasteiger partial charge in [-0.1, -0.05) is 54.4 Å². The molecule has 0 saturated heterocycles. The summed E-state index contributed by atoms with van der Waals surface area (Å²) >= 11 is 0. The van der Waals surface area contributed by atoms with Crippen molar-refractivity contribution in [1.82, 2.24) is 0 Å². The molecule has 0 aromatic rings. The third-order valence-electron chi connectivity index (χ3n) is 5.09. The van der Waals surface area contributed by atoms with Crippen LogP contribution in [0.5, 0.6) is 0 Å². The molecule has 0 aliphatic heterocycles. The molecule has 0 heteroatoms. The van der Waals surface area contributed by atoms with Crippen molar-refractivity contribution in [1.29, 1.82) is 0 Å². The SMILES string of the molecule is CC[C@@H](C)[C@@H]1[C@H](C)[C@H](C)[C@@H]1[C@@H](C)CC. The van der Waals surface area contributed by atoms with Crippen LogP contribution in [0.3, 0.4) is 0 Å². The summed E-state index contributed by atoms with van der Waals surface area (Å²) in [6.07, 6.45) is 2.71. The fourth-order valence-electron chi connectivity index (χ4n) is 3.60. The van der Waals surface area contributed by atoms with E-state index < -0.39 is 0 Å². The third-order valence-corrected chi connectivity index (χ3v) is 5.09. The molecule has 1 aliphatic rings. The monoisotopic (exact) mass is 196 g/mol. The van der Waals surface area contributed by atoms with Gasteiger partial charge in [0.25, 0.3) is 0 Å². The Morgan fingerprint density at radius 3 is 1.29 bits per heavy atom. The Labute approximate surface area is 90.5 Å². The van der Waals surface area contributed by atoms with Gasteiger partial charge in [0, 0.05) is 0 Å². The van der Waals surface area contributed by atoms with Gasteiger partial charge in [-0.05, 0) is 35.5 Å². The molecular formula is C14H28. The molecule has 0 nitrogen and oxygen atoms in total. The second-order valence-corrected chi connectivity index (χ2v) is 5.64. The highest BCUT2D eigenvalue weighted by molar-refractivity contribution is 4.96. The summed E-state index contributed by atoms with van der Waals surface area (Å²) in [5.41, 5.74) is 0. The van der Waals surface area contributed by atoms with E-state index in [-0.39, 0.29) is 0 Å². The summed E-state index contributed by atoms with van der Waals surface area (Å²) < 4.78 is 0. The molecule has 0 N–H and O–H groups in total. The molecule has 0 aromatic carbocycles. The van der Waals surface area contributed by atoms with Crippen molar-refractivity contribution in [2.45, 2.75) is 54.4 Å². The van der Waals surface area contributed by atoms with Crippen LogP contribution in [0.25, 0.3) is 0 Å². The van der Waals surface area contributed by atoms with Crippen LogP contribution >= 0.6 is 0 Å². The van der Waals surface area contributed by atoms with E-state index in [0.29, 0.717) is 0 Å². The second kappa shape index (κ2) is 4.68. The van der Waals surface area contributed by atoms with E-state index in [1.165, 1.54) is 12.8 Å². The summed E-state index contributed by atoms with van der Waals surface area (Å²) in [5, 5.41) is 0. The first-order valence-corrected chi connectivity index (χ1v) is 6.54. The maximum atomic E-state index is 2.46. The summed E-state index contributed by atoms with van der Waals surface area (Å²) in [5.74, 6) is 5.79. The van der Waals surface area contributed by atoms with Crippen molar-refractivity contribution in [2.75, 3.05) is 0 Å². The highest BCUT2D eigenvalue weighted by Crippen LogP contribution is 2.53. The van der Waals surface area contributed by atoms with Crippen molar-refractivity contribution >= 4 is 0 Å². The highest BCUT2D eigenvalue weighted by Gasteiger charge is 2.48. The lowest BCUT2D eigenvalue weighted by atomic mass is 9.50. The molecule has 0 aromatic heterocycles. The number of hydrogen-bond acceptors (Lipinski definition) is 0. The quantitative estimate of drug-likeness (QED) is 0.616. The Bertz CT molecular complexity index is 145. The molecule has 6 atom stereocenters. The molecule has 1 rings (SSSR count). The molecule has 0 heterocycles. The molecule has 1 aliphatic carbocycles. The lowest BCUT2D eigenvalue weighted by Crippen LogP contribution is -2.49. The molecule has 0 unspecified atom stereocenters. The zero-order chi connectivity index (χ0) is 10.9. The molecule has 0 radical (unpaired) electrons. The average molecular weight is 196 g/mol. The summed E-state index contributed by atoms with van der Waals surface area (Å²) in [4.78, 5) is 0. The zero-order valence-electron chi connectivity index (χ0n) is 10.9. The normalized spacial score (nSPS) is 41.6. The van der Waals surface area contributed by atoms with Gasteiger partial charge in [-0.15, -0.1) is 0 Å². The highest BCUT2D eigenvalue weighted by atomic mass is 14.5. The first-order chi connectivity index (χ1) is 6.54. The van der Waals surface area contributed by atoms with Crippen LogP contribution in [0, 0.1) is 35.5 Å². The van der Waals surface area contributed by atoms with Crippen LogP contribution in [0.2, 0.25) is 0 Å². The van der Waals surface area contributed by atoms with Crippen molar-refractivity contribution in [3.63, 3.8) is 0 Å². The Kier molecular flexibility index (Phi) is 4.04. The van der Waals surface area contributed by atoms with E-state index in [0.717, 1.165) is 35.5 Å². The Hall–Kier alpha value is 0. The first kappa shape index (κ1) is 12.1. The molecule has 84 valence electrons. The maximum absolute atomic E-state index is 2.46. The van der Waals surface area contributed by atoms with E-state index >= 15 is 0 Å². The Morgan fingerprint density at radius 1 is 0.786 bits per heavy atom. The molecular weight excluding hydrogens is 168 g/mol. The predicted molar refractivity (Wildman–Crippen MR) is 64.2 cm³/mol. The van der Waals surface area contributed by atoms with E-state index in [2.05, 4.69) is 41.5 Å². The molecule has 0 amide bonds. The van der Waals surface area contributed by atoms with E-state index in [4.69, 9.17) is 0 Å². The van der Waals surface area contributed by atoms with Gasteiger partial charge < -0.3 is 0 Å². The zero-order valence-corrected chi connectivity index (χ0v) is 10.9. The van der Waals surface area contributed by atoms with Crippen LogP contribution < -0.4 is 0 Å². The Balaban J connectivity index is 2.64. The van der Waals surface area contributed by atoms with E-state index in [1.54, 1.807) is 0 Å². The molecule has 0 spiro atoms. The van der Waals surface area contributed by atoms with Crippen molar-refractivity contribution in [3.8, 4) is 0 Å². The van der Waals surface area contributed by atoms with Crippen LogP contribution in [-0.4, -0.2) is 0 Å². The summed E-state index contributed by atoms with van der Waals surface area (Å²) in [6.45, 7) is 14.5. The van der Waals surface area contributed by atoms with Gasteiger partial charge in [-0.3, -0.25) is 0 Å². The second-order valence-electron chi connectivity index (χ2n) is 5.64. The fraction of sp³-hybridized carbons (Fsp3) is 1.00. The van der Waals surface area contributed by atoms with Gasteiger partial charge in [-0.25, -0.2) is 0 Å². The van der Waals surface area contributed by atoms with Crippen LogP contribution in [0.4, 0.5) is 0 Å². The fourth-order valence-corrected chi connectivity index (χ4v) is 3.60. The lowest BCUT2D eigenvalue weighted by Gasteiger charge is -2.55. The van der Waals surface area contributed by atoms with Gasteiger partial charge >= 0.3 is 0 Å². The molecule has 0 bridgehead atoms. The summed E-state index contributed by atoms with van der Waals surface area (Å²) in [7, 11) is 0. The lowest BCUT2D eigenvalue weighted by molar-refractivity contribution is -0.0677. The first-order valence-electron chi connectivity index (χ1n) is 6.54. The topological polar surface area (TPSA) is 0 Å². The van der Waals surface area contributed by atoms with Crippen molar-refractivity contribution in [3.05, 3.63) is 0 Å². The minimum atomic E-state index is 0.931. The average Bonchev–Trinajstić information content (AvgIpc) is 2.22. The number of hydrogen-bond donors (Lipinski definition) is 0. The smallest absolute Gasteiger partial charge is 0.0327 e. The van der Waals surface area contributed by atoms with E-state index in [1.807, 2.05) is 0 Å². The summed E-state index contributed by atoms with van der Waals surface area (Å²) in [6, 6.07) is 0. The standard InChI is InChI=1S/C14H28/c1-7-9(3)13-11(5)12(6)14(13)10(4)8-2/h9-14H,7-8H2,1-6H3/t9-,10+,11-,12+,13-,14+. The molecule has 14 heavy (non-hydrogen) atoms. The van der Waals surface area contributed by atoms with Gasteiger partial charge in [0.15, 0.2) is 0 Å². The van der Waals surface area contributed by atoms with Gasteiger partial charge in [0.1, 0.15) is 0 Å². The number of rotatable bonds is 4. The minimum Gasteiger partial charge on any atom is -0.0651 e. The van der Waals surface area contributed by atoms with Crippen molar-refractivity contribution < 1.29 is 0 Å². The minimum absolute atomic E-state index is 0.931. The van der Waals surface area contributed by atoms with E-state index in [9.17, 15) is 0 Å². The van der Waals surface area contributed by atoms with Gasteiger partial charge in [-0.2, -0.15) is 0 Å². The Morgan fingerprint density at radius 2 is 1.07 bits per heavy atom. The van der Waals surface area contributed by atoms with Gasteiger partial charge in [0.2, 0.25) is 0 Å². The largest absolute Gasteiger partial charge is 0.0651 e. The maximum Gasteiger partial charge on any atom is -0.0327 e. The predicted octanol–water partition coefficient (Wildman–Crippen LogP) is 4.60. The van der Waals surface area contributed by atoms with Crippen LogP contribution in [-0.2, 0) is 0 Å². The third kappa shape index (κ3) is 1.85.